The first-order valence-electron chi connectivity index (χ1n) is 6.51. The molecule has 1 fully saturated rings. The summed E-state index contributed by atoms with van der Waals surface area (Å²) in [4.78, 5) is 0. The zero-order chi connectivity index (χ0) is 13.3. The molecular formula is C15H22ClNO. The summed E-state index contributed by atoms with van der Waals surface area (Å²) in [6, 6.07) is 6.20. The molecule has 0 radical (unpaired) electrons. The van der Waals surface area contributed by atoms with E-state index in [0.717, 1.165) is 16.5 Å². The third-order valence-electron chi connectivity index (χ3n) is 3.84. The number of halogens is 1. The summed E-state index contributed by atoms with van der Waals surface area (Å²) in [7, 11) is 1.69. The van der Waals surface area contributed by atoms with Crippen LogP contribution < -0.4 is 10.1 Å². The molecule has 2 atom stereocenters. The van der Waals surface area contributed by atoms with Crippen LogP contribution in [0.4, 0.5) is 5.69 Å². The minimum absolute atomic E-state index is 0.420. The normalized spacial score (nSPS) is 26.1. The van der Waals surface area contributed by atoms with E-state index in [1.165, 1.54) is 12.8 Å². The van der Waals surface area contributed by atoms with Crippen LogP contribution >= 0.6 is 11.6 Å². The third-order valence-corrected chi connectivity index (χ3v) is 4.07. The monoisotopic (exact) mass is 267 g/mol. The summed E-state index contributed by atoms with van der Waals surface area (Å²) in [6.07, 6.45) is 2.44. The van der Waals surface area contributed by atoms with Gasteiger partial charge in [-0.05, 0) is 42.4 Å². The molecule has 0 aromatic heterocycles. The maximum Gasteiger partial charge on any atom is 0.142 e. The quantitative estimate of drug-likeness (QED) is 0.865. The molecule has 0 aliphatic heterocycles. The molecule has 0 amide bonds. The number of rotatable bonds is 3. The summed E-state index contributed by atoms with van der Waals surface area (Å²) < 4.78 is 5.38. The van der Waals surface area contributed by atoms with Crippen LogP contribution in [0.5, 0.6) is 5.75 Å². The third kappa shape index (κ3) is 2.92. The zero-order valence-corrected chi connectivity index (χ0v) is 12.3. The van der Waals surface area contributed by atoms with Crippen molar-refractivity contribution in [2.24, 2.45) is 11.3 Å². The van der Waals surface area contributed by atoms with E-state index in [4.69, 9.17) is 16.3 Å². The molecule has 0 bridgehead atoms. The molecular weight excluding hydrogens is 246 g/mol. The second-order valence-corrected chi connectivity index (χ2v) is 6.58. The lowest BCUT2D eigenvalue weighted by Gasteiger charge is -2.21. The SMILES string of the molecule is COc1ccc(Cl)cc1NC1CC(C)(C)CC1C. The average molecular weight is 268 g/mol. The Hall–Kier alpha value is -0.890. The predicted molar refractivity (Wildman–Crippen MR) is 77.6 cm³/mol. The van der Waals surface area contributed by atoms with Gasteiger partial charge in [-0.3, -0.25) is 0 Å². The van der Waals surface area contributed by atoms with Crippen LogP contribution in [-0.4, -0.2) is 13.2 Å². The topological polar surface area (TPSA) is 21.3 Å². The van der Waals surface area contributed by atoms with E-state index in [0.29, 0.717) is 17.4 Å². The van der Waals surface area contributed by atoms with E-state index in [-0.39, 0.29) is 0 Å². The number of ether oxygens (including phenoxy) is 1. The van der Waals surface area contributed by atoms with E-state index in [2.05, 4.69) is 26.1 Å². The molecule has 18 heavy (non-hydrogen) atoms. The van der Waals surface area contributed by atoms with Crippen LogP contribution in [0, 0.1) is 11.3 Å². The van der Waals surface area contributed by atoms with Crippen molar-refractivity contribution in [2.45, 2.75) is 39.7 Å². The highest BCUT2D eigenvalue weighted by Gasteiger charge is 2.36. The van der Waals surface area contributed by atoms with Crippen molar-refractivity contribution < 1.29 is 4.74 Å². The molecule has 2 rings (SSSR count). The van der Waals surface area contributed by atoms with Crippen LogP contribution in [0.3, 0.4) is 0 Å². The van der Waals surface area contributed by atoms with Gasteiger partial charge in [0.25, 0.3) is 0 Å². The standard InChI is InChI=1S/C15H22ClNO/c1-10-8-15(2,3)9-13(10)17-12-7-11(16)5-6-14(12)18-4/h5-7,10,13,17H,8-9H2,1-4H3. The van der Waals surface area contributed by atoms with Crippen molar-refractivity contribution >= 4 is 17.3 Å². The molecule has 1 aromatic carbocycles. The lowest BCUT2D eigenvalue weighted by Crippen LogP contribution is -2.22. The van der Waals surface area contributed by atoms with Crippen LogP contribution in [0.25, 0.3) is 0 Å². The van der Waals surface area contributed by atoms with Crippen molar-refractivity contribution in [2.75, 3.05) is 12.4 Å². The molecule has 1 aromatic rings. The van der Waals surface area contributed by atoms with Gasteiger partial charge in [-0.25, -0.2) is 0 Å². The maximum absolute atomic E-state index is 6.06. The smallest absolute Gasteiger partial charge is 0.142 e. The first-order chi connectivity index (χ1) is 8.41. The van der Waals surface area contributed by atoms with Crippen molar-refractivity contribution in [1.82, 2.24) is 0 Å². The van der Waals surface area contributed by atoms with Gasteiger partial charge in [-0.1, -0.05) is 32.4 Å². The molecule has 3 heteroatoms. The first kappa shape index (κ1) is 13.5. The number of nitrogens with one attached hydrogen (secondary N) is 1. The Balaban J connectivity index is 2.17. The van der Waals surface area contributed by atoms with E-state index in [1.54, 1.807) is 7.11 Å². The summed E-state index contributed by atoms with van der Waals surface area (Å²) in [6.45, 7) is 6.98. The molecule has 2 nitrogen and oxygen atoms in total. The largest absolute Gasteiger partial charge is 0.495 e. The van der Waals surface area contributed by atoms with Crippen molar-refractivity contribution in [1.29, 1.82) is 0 Å². The summed E-state index contributed by atoms with van der Waals surface area (Å²) in [5, 5.41) is 4.34. The highest BCUT2D eigenvalue weighted by molar-refractivity contribution is 6.30. The van der Waals surface area contributed by atoms with Crippen LogP contribution in [-0.2, 0) is 0 Å². The van der Waals surface area contributed by atoms with Gasteiger partial charge in [0.1, 0.15) is 5.75 Å². The minimum Gasteiger partial charge on any atom is -0.495 e. The predicted octanol–water partition coefficient (Wildman–Crippen LogP) is 4.59. The fraction of sp³-hybridized carbons (Fsp3) is 0.600. The van der Waals surface area contributed by atoms with Crippen LogP contribution in [0.2, 0.25) is 5.02 Å². The highest BCUT2D eigenvalue weighted by atomic mass is 35.5. The second kappa shape index (κ2) is 5.00. The van der Waals surface area contributed by atoms with E-state index in [9.17, 15) is 0 Å². The van der Waals surface area contributed by atoms with E-state index < -0.39 is 0 Å². The van der Waals surface area contributed by atoms with Gasteiger partial charge in [-0.15, -0.1) is 0 Å². The Morgan fingerprint density at radius 1 is 1.33 bits per heavy atom. The average Bonchev–Trinajstić information content (AvgIpc) is 2.52. The van der Waals surface area contributed by atoms with Gasteiger partial charge in [0.05, 0.1) is 12.8 Å². The number of hydrogen-bond donors (Lipinski definition) is 1. The Bertz CT molecular complexity index is 431. The molecule has 0 saturated heterocycles. The molecule has 100 valence electrons. The molecule has 1 aliphatic carbocycles. The Labute approximate surface area is 115 Å². The number of benzene rings is 1. The van der Waals surface area contributed by atoms with Gasteiger partial charge in [0, 0.05) is 11.1 Å². The summed E-state index contributed by atoms with van der Waals surface area (Å²) in [5.74, 6) is 1.53. The number of hydrogen-bond acceptors (Lipinski definition) is 2. The van der Waals surface area contributed by atoms with Gasteiger partial charge < -0.3 is 10.1 Å². The van der Waals surface area contributed by atoms with Gasteiger partial charge >= 0.3 is 0 Å². The van der Waals surface area contributed by atoms with E-state index in [1.807, 2.05) is 18.2 Å². The molecule has 1 N–H and O–H groups in total. The summed E-state index contributed by atoms with van der Waals surface area (Å²) in [5.41, 5.74) is 1.42. The first-order valence-corrected chi connectivity index (χ1v) is 6.89. The second-order valence-electron chi connectivity index (χ2n) is 6.15. The lowest BCUT2D eigenvalue weighted by atomic mass is 9.91. The Morgan fingerprint density at radius 2 is 2.06 bits per heavy atom. The molecule has 1 saturated carbocycles. The molecule has 0 spiro atoms. The zero-order valence-electron chi connectivity index (χ0n) is 11.6. The molecule has 1 aliphatic rings. The van der Waals surface area contributed by atoms with Crippen LogP contribution in [0.1, 0.15) is 33.6 Å². The Morgan fingerprint density at radius 3 is 2.61 bits per heavy atom. The van der Waals surface area contributed by atoms with Gasteiger partial charge in [0.2, 0.25) is 0 Å². The Kier molecular flexibility index (Phi) is 3.76. The fourth-order valence-electron chi connectivity index (χ4n) is 3.08. The van der Waals surface area contributed by atoms with Gasteiger partial charge in [-0.2, -0.15) is 0 Å². The maximum atomic E-state index is 6.06. The highest BCUT2D eigenvalue weighted by Crippen LogP contribution is 2.43. The van der Waals surface area contributed by atoms with Crippen molar-refractivity contribution in [3.63, 3.8) is 0 Å². The summed E-state index contributed by atoms with van der Waals surface area (Å²) >= 11 is 6.06. The lowest BCUT2D eigenvalue weighted by molar-refractivity contribution is 0.366. The molecule has 2 unspecified atom stereocenters. The van der Waals surface area contributed by atoms with Crippen molar-refractivity contribution in [3.05, 3.63) is 23.2 Å². The van der Waals surface area contributed by atoms with Gasteiger partial charge in [0.15, 0.2) is 0 Å². The van der Waals surface area contributed by atoms with Crippen LogP contribution in [0.15, 0.2) is 18.2 Å². The fourth-order valence-corrected chi connectivity index (χ4v) is 3.25. The minimum atomic E-state index is 0.420. The number of methoxy groups -OCH3 is 1. The molecule has 0 heterocycles. The number of anilines is 1. The van der Waals surface area contributed by atoms with E-state index >= 15 is 0 Å². The van der Waals surface area contributed by atoms with Crippen molar-refractivity contribution in [3.8, 4) is 5.75 Å².